The first-order chi connectivity index (χ1) is 9.40. The number of hydrogen-bond acceptors (Lipinski definition) is 1. The molecule has 2 rings (SSSR count). The largest absolute Gasteiger partial charge is 0.324 e. The fourth-order valence-electron chi connectivity index (χ4n) is 2.02. The summed E-state index contributed by atoms with van der Waals surface area (Å²) in [6.07, 6.45) is -0.208. The van der Waals surface area contributed by atoms with Crippen LogP contribution in [0.2, 0.25) is 0 Å². The van der Waals surface area contributed by atoms with E-state index in [9.17, 15) is 17.6 Å². The maximum Gasteiger partial charge on any atom is 0.130 e. The van der Waals surface area contributed by atoms with E-state index in [-0.39, 0.29) is 23.1 Å². The quantitative estimate of drug-likeness (QED) is 0.852. The fraction of sp³-hybridized carbons (Fsp3) is 0.200. The normalized spacial score (nSPS) is 12.5. The highest BCUT2D eigenvalue weighted by Gasteiger charge is 2.18. The molecule has 2 aromatic rings. The summed E-state index contributed by atoms with van der Waals surface area (Å²) in [5.41, 5.74) is 5.84. The second-order valence-electron chi connectivity index (χ2n) is 4.63. The molecule has 0 fully saturated rings. The predicted molar refractivity (Wildman–Crippen MR) is 68.1 cm³/mol. The minimum atomic E-state index is -0.958. The Bertz CT molecular complexity index is 620. The summed E-state index contributed by atoms with van der Waals surface area (Å²) in [5, 5.41) is 0. The van der Waals surface area contributed by atoms with Gasteiger partial charge < -0.3 is 5.73 Å². The van der Waals surface area contributed by atoms with Crippen molar-refractivity contribution in [3.63, 3.8) is 0 Å². The van der Waals surface area contributed by atoms with Crippen LogP contribution in [0.15, 0.2) is 30.3 Å². The van der Waals surface area contributed by atoms with Gasteiger partial charge in [0.1, 0.15) is 23.3 Å². The topological polar surface area (TPSA) is 26.0 Å². The zero-order chi connectivity index (χ0) is 14.9. The van der Waals surface area contributed by atoms with Crippen LogP contribution in [0.4, 0.5) is 17.6 Å². The van der Waals surface area contributed by atoms with Crippen LogP contribution < -0.4 is 5.73 Å². The van der Waals surface area contributed by atoms with E-state index in [1.807, 2.05) is 0 Å². The average Bonchev–Trinajstić information content (AvgIpc) is 2.38. The van der Waals surface area contributed by atoms with Gasteiger partial charge >= 0.3 is 0 Å². The number of aryl methyl sites for hydroxylation is 1. The minimum absolute atomic E-state index is 0.0338. The van der Waals surface area contributed by atoms with E-state index in [0.717, 1.165) is 18.2 Å². The SMILES string of the molecule is Cc1cc(C(N)Cc2c(F)cccc2F)c(F)cc1F. The Morgan fingerprint density at radius 3 is 2.15 bits per heavy atom. The third-order valence-corrected chi connectivity index (χ3v) is 3.16. The van der Waals surface area contributed by atoms with Gasteiger partial charge in [-0.05, 0) is 37.1 Å². The maximum absolute atomic E-state index is 13.7. The summed E-state index contributed by atoms with van der Waals surface area (Å²) >= 11 is 0. The number of halogens is 4. The smallest absolute Gasteiger partial charge is 0.130 e. The summed E-state index contributed by atoms with van der Waals surface area (Å²) in [4.78, 5) is 0. The fourth-order valence-corrected chi connectivity index (χ4v) is 2.02. The summed E-state index contributed by atoms with van der Waals surface area (Å²) in [6.45, 7) is 1.47. The van der Waals surface area contributed by atoms with Crippen molar-refractivity contribution in [2.24, 2.45) is 5.73 Å². The molecule has 2 aromatic carbocycles. The van der Waals surface area contributed by atoms with Gasteiger partial charge in [-0.1, -0.05) is 6.07 Å². The van der Waals surface area contributed by atoms with Gasteiger partial charge in [0, 0.05) is 23.2 Å². The van der Waals surface area contributed by atoms with Crippen molar-refractivity contribution in [3.05, 3.63) is 70.3 Å². The second-order valence-corrected chi connectivity index (χ2v) is 4.63. The van der Waals surface area contributed by atoms with Gasteiger partial charge in [-0.15, -0.1) is 0 Å². The molecule has 1 nitrogen and oxygen atoms in total. The van der Waals surface area contributed by atoms with Crippen LogP contribution in [0.5, 0.6) is 0 Å². The molecule has 0 aliphatic rings. The van der Waals surface area contributed by atoms with Crippen molar-refractivity contribution in [2.75, 3.05) is 0 Å². The third kappa shape index (κ3) is 2.82. The monoisotopic (exact) mass is 283 g/mol. The Kier molecular flexibility index (Phi) is 4.09. The van der Waals surface area contributed by atoms with E-state index in [4.69, 9.17) is 5.73 Å². The van der Waals surface area contributed by atoms with Crippen molar-refractivity contribution in [1.29, 1.82) is 0 Å². The van der Waals surface area contributed by atoms with E-state index in [0.29, 0.717) is 0 Å². The van der Waals surface area contributed by atoms with Crippen molar-refractivity contribution in [3.8, 4) is 0 Å². The maximum atomic E-state index is 13.7. The lowest BCUT2D eigenvalue weighted by Gasteiger charge is -2.15. The van der Waals surface area contributed by atoms with Gasteiger partial charge in [-0.25, -0.2) is 17.6 Å². The van der Waals surface area contributed by atoms with E-state index in [1.165, 1.54) is 19.1 Å². The number of hydrogen-bond donors (Lipinski definition) is 1. The average molecular weight is 283 g/mol. The Morgan fingerprint density at radius 1 is 0.950 bits per heavy atom. The molecule has 0 aliphatic carbocycles. The number of nitrogens with two attached hydrogens (primary N) is 1. The molecule has 5 heteroatoms. The zero-order valence-corrected chi connectivity index (χ0v) is 10.8. The highest BCUT2D eigenvalue weighted by Crippen LogP contribution is 2.24. The van der Waals surface area contributed by atoms with Crippen molar-refractivity contribution >= 4 is 0 Å². The Labute approximate surface area is 114 Å². The highest BCUT2D eigenvalue weighted by atomic mass is 19.1. The van der Waals surface area contributed by atoms with Crippen LogP contribution in [-0.2, 0) is 6.42 Å². The lowest BCUT2D eigenvalue weighted by Crippen LogP contribution is -2.17. The minimum Gasteiger partial charge on any atom is -0.324 e. The van der Waals surface area contributed by atoms with Crippen molar-refractivity contribution in [2.45, 2.75) is 19.4 Å². The molecule has 0 aliphatic heterocycles. The number of benzene rings is 2. The van der Waals surface area contributed by atoms with Crippen LogP contribution in [-0.4, -0.2) is 0 Å². The molecule has 0 radical (unpaired) electrons. The van der Waals surface area contributed by atoms with Crippen LogP contribution in [0.25, 0.3) is 0 Å². The standard InChI is InChI=1S/C15H13F4N/c1-8-5-10(14(19)7-13(8)18)15(20)6-9-11(16)3-2-4-12(9)17/h2-5,7,15H,6,20H2,1H3. The predicted octanol–water partition coefficient (Wildman–Crippen LogP) is 3.79. The molecule has 20 heavy (non-hydrogen) atoms. The van der Waals surface area contributed by atoms with E-state index >= 15 is 0 Å². The molecule has 0 bridgehead atoms. The van der Waals surface area contributed by atoms with Crippen LogP contribution in [0.3, 0.4) is 0 Å². The molecule has 1 atom stereocenters. The summed E-state index contributed by atoms with van der Waals surface area (Å²) in [5.74, 6) is -2.98. The van der Waals surface area contributed by atoms with E-state index in [1.54, 1.807) is 0 Å². The van der Waals surface area contributed by atoms with Gasteiger partial charge in [0.25, 0.3) is 0 Å². The first-order valence-electron chi connectivity index (χ1n) is 6.04. The molecule has 0 saturated carbocycles. The molecule has 0 saturated heterocycles. The Morgan fingerprint density at radius 2 is 1.55 bits per heavy atom. The van der Waals surface area contributed by atoms with E-state index in [2.05, 4.69) is 0 Å². The molecular weight excluding hydrogens is 270 g/mol. The lowest BCUT2D eigenvalue weighted by atomic mass is 9.97. The zero-order valence-electron chi connectivity index (χ0n) is 10.8. The first kappa shape index (κ1) is 14.5. The third-order valence-electron chi connectivity index (χ3n) is 3.16. The molecule has 106 valence electrons. The van der Waals surface area contributed by atoms with Crippen molar-refractivity contribution in [1.82, 2.24) is 0 Å². The Balaban J connectivity index is 2.33. The highest BCUT2D eigenvalue weighted by molar-refractivity contribution is 5.30. The van der Waals surface area contributed by atoms with Gasteiger partial charge in [0.15, 0.2) is 0 Å². The van der Waals surface area contributed by atoms with Gasteiger partial charge in [0.2, 0.25) is 0 Å². The molecule has 2 N–H and O–H groups in total. The molecular formula is C15H13F4N. The van der Waals surface area contributed by atoms with E-state index < -0.39 is 29.3 Å². The summed E-state index contributed by atoms with van der Waals surface area (Å²) in [7, 11) is 0. The van der Waals surface area contributed by atoms with Crippen LogP contribution in [0.1, 0.15) is 22.7 Å². The van der Waals surface area contributed by atoms with Gasteiger partial charge in [-0.2, -0.15) is 0 Å². The second kappa shape index (κ2) is 5.63. The number of rotatable bonds is 3. The van der Waals surface area contributed by atoms with Crippen LogP contribution in [0, 0.1) is 30.2 Å². The van der Waals surface area contributed by atoms with Gasteiger partial charge in [-0.3, -0.25) is 0 Å². The van der Waals surface area contributed by atoms with Crippen molar-refractivity contribution < 1.29 is 17.6 Å². The molecule has 0 heterocycles. The van der Waals surface area contributed by atoms with Gasteiger partial charge in [0.05, 0.1) is 0 Å². The molecule has 0 spiro atoms. The summed E-state index contributed by atoms with van der Waals surface area (Å²) < 4.78 is 53.9. The first-order valence-corrected chi connectivity index (χ1v) is 6.04. The lowest BCUT2D eigenvalue weighted by molar-refractivity contribution is 0.522. The molecule has 0 amide bonds. The molecule has 0 aromatic heterocycles. The summed E-state index contributed by atoms with van der Waals surface area (Å²) in [6, 6.07) is 4.48. The Hall–Kier alpha value is -1.88. The van der Waals surface area contributed by atoms with Crippen LogP contribution >= 0.6 is 0 Å². The molecule has 1 unspecified atom stereocenters.